The molecule has 0 aliphatic carbocycles. The van der Waals surface area contributed by atoms with Gasteiger partial charge in [-0.25, -0.2) is 0 Å². The van der Waals surface area contributed by atoms with E-state index in [0.29, 0.717) is 18.7 Å². The zero-order valence-electron chi connectivity index (χ0n) is 9.35. The molecule has 1 atom stereocenters. The van der Waals surface area contributed by atoms with Crippen LogP contribution in [0.5, 0.6) is 0 Å². The highest BCUT2D eigenvalue weighted by molar-refractivity contribution is 6.40. The van der Waals surface area contributed by atoms with Crippen LogP contribution in [-0.2, 0) is 16.1 Å². The van der Waals surface area contributed by atoms with Gasteiger partial charge in [0, 0.05) is 12.3 Å². The number of benzene rings is 1. The molecule has 0 aromatic heterocycles. The fraction of sp³-hybridized carbons (Fsp3) is 0.385. The number of rotatable bonds is 4. The number of ketones is 1. The summed E-state index contributed by atoms with van der Waals surface area (Å²) in [7, 11) is 0. The minimum atomic E-state index is 0.0958. The number of carbonyl (C=O) groups is 1. The van der Waals surface area contributed by atoms with Crippen molar-refractivity contribution in [1.29, 1.82) is 0 Å². The third kappa shape index (κ3) is 2.30. The summed E-state index contributed by atoms with van der Waals surface area (Å²) >= 11 is 0. The van der Waals surface area contributed by atoms with Gasteiger partial charge in [-0.3, -0.25) is 4.79 Å². The lowest BCUT2D eigenvalue weighted by Crippen LogP contribution is -2.23. The van der Waals surface area contributed by atoms with E-state index in [1.165, 1.54) is 5.56 Å². The third-order valence-electron chi connectivity index (χ3n) is 2.76. The predicted octanol–water partition coefficient (Wildman–Crippen LogP) is 2.21. The van der Waals surface area contributed by atoms with Crippen molar-refractivity contribution < 1.29 is 9.63 Å². The van der Waals surface area contributed by atoms with E-state index in [-0.39, 0.29) is 11.7 Å². The summed E-state index contributed by atoms with van der Waals surface area (Å²) in [6.07, 6.45) is 1.32. The molecule has 0 saturated heterocycles. The van der Waals surface area contributed by atoms with E-state index >= 15 is 0 Å². The summed E-state index contributed by atoms with van der Waals surface area (Å²) in [6.45, 7) is 2.37. The van der Waals surface area contributed by atoms with Crippen molar-refractivity contribution in [2.75, 3.05) is 6.61 Å². The van der Waals surface area contributed by atoms with Crippen molar-refractivity contribution >= 4 is 11.5 Å². The lowest BCUT2D eigenvalue weighted by molar-refractivity contribution is -0.112. The largest absolute Gasteiger partial charge is 0.395 e. The molecular weight excluding hydrogens is 202 g/mol. The summed E-state index contributed by atoms with van der Waals surface area (Å²) < 4.78 is 0. The van der Waals surface area contributed by atoms with E-state index in [2.05, 4.69) is 17.3 Å². The number of oxime groups is 1. The Morgan fingerprint density at radius 3 is 2.88 bits per heavy atom. The molecule has 1 aliphatic rings. The Morgan fingerprint density at radius 2 is 2.19 bits per heavy atom. The highest BCUT2D eigenvalue weighted by Crippen LogP contribution is 2.17. The topological polar surface area (TPSA) is 38.7 Å². The Labute approximate surface area is 95.1 Å². The monoisotopic (exact) mass is 217 g/mol. The zero-order valence-corrected chi connectivity index (χ0v) is 9.35. The van der Waals surface area contributed by atoms with Crippen LogP contribution in [0.4, 0.5) is 0 Å². The first-order chi connectivity index (χ1) is 7.81. The van der Waals surface area contributed by atoms with Gasteiger partial charge in [-0.2, -0.15) is 0 Å². The fourth-order valence-corrected chi connectivity index (χ4v) is 1.86. The molecule has 16 heavy (non-hydrogen) atoms. The first-order valence-corrected chi connectivity index (χ1v) is 5.58. The molecule has 0 saturated carbocycles. The van der Waals surface area contributed by atoms with Gasteiger partial charge in [0.2, 0.25) is 0 Å². The van der Waals surface area contributed by atoms with Gasteiger partial charge in [0.15, 0.2) is 5.78 Å². The second kappa shape index (κ2) is 4.92. The van der Waals surface area contributed by atoms with E-state index in [1.54, 1.807) is 0 Å². The lowest BCUT2D eigenvalue weighted by Gasteiger charge is -2.08. The molecule has 0 amide bonds. The molecular formula is C13H15NO2. The molecule has 1 heterocycles. The maximum Gasteiger partial charge on any atom is 0.180 e. The molecule has 2 rings (SSSR count). The summed E-state index contributed by atoms with van der Waals surface area (Å²) in [5, 5.41) is 3.85. The van der Waals surface area contributed by atoms with E-state index in [1.807, 2.05) is 25.1 Å². The highest BCUT2D eigenvalue weighted by atomic mass is 16.6. The third-order valence-corrected chi connectivity index (χ3v) is 2.76. The second-order valence-corrected chi connectivity index (χ2v) is 3.94. The number of hydrogen-bond donors (Lipinski definition) is 0. The van der Waals surface area contributed by atoms with E-state index in [0.717, 1.165) is 6.42 Å². The van der Waals surface area contributed by atoms with Gasteiger partial charge in [0.25, 0.3) is 0 Å². The molecule has 1 aliphatic heterocycles. The van der Waals surface area contributed by atoms with Gasteiger partial charge in [0.1, 0.15) is 12.3 Å². The Balaban J connectivity index is 2.06. The average molecular weight is 217 g/mol. The molecule has 0 radical (unpaired) electrons. The van der Waals surface area contributed by atoms with Crippen LogP contribution in [0.25, 0.3) is 0 Å². The van der Waals surface area contributed by atoms with Crippen molar-refractivity contribution in [3.63, 3.8) is 0 Å². The number of carbonyl (C=O) groups excluding carboxylic acids is 1. The van der Waals surface area contributed by atoms with Crippen LogP contribution >= 0.6 is 0 Å². The smallest absolute Gasteiger partial charge is 0.180 e. The Morgan fingerprint density at radius 1 is 1.44 bits per heavy atom. The van der Waals surface area contributed by atoms with Crippen molar-refractivity contribution in [2.45, 2.75) is 19.8 Å². The Hall–Kier alpha value is -1.64. The molecule has 0 bridgehead atoms. The molecule has 0 spiro atoms. The molecule has 1 aromatic rings. The Bertz CT molecular complexity index is 398. The van der Waals surface area contributed by atoms with Gasteiger partial charge < -0.3 is 4.84 Å². The summed E-state index contributed by atoms with van der Waals surface area (Å²) in [6, 6.07) is 10.1. The molecule has 0 unspecified atom stereocenters. The van der Waals surface area contributed by atoms with Gasteiger partial charge in [-0.1, -0.05) is 42.4 Å². The maximum atomic E-state index is 11.6. The van der Waals surface area contributed by atoms with Gasteiger partial charge in [-0.05, 0) is 12.0 Å². The number of nitrogens with zero attached hydrogens (tertiary/aromatic N) is 1. The first kappa shape index (κ1) is 10.9. The van der Waals surface area contributed by atoms with Crippen molar-refractivity contribution in [3.05, 3.63) is 35.9 Å². The van der Waals surface area contributed by atoms with Crippen LogP contribution in [0.2, 0.25) is 0 Å². The van der Waals surface area contributed by atoms with Gasteiger partial charge >= 0.3 is 0 Å². The van der Waals surface area contributed by atoms with Crippen LogP contribution in [0, 0.1) is 5.92 Å². The SMILES string of the molecule is CCC(=O)C1=NOC[C@H]1Cc1ccccc1. The summed E-state index contributed by atoms with van der Waals surface area (Å²) in [5.41, 5.74) is 1.82. The number of Topliss-reactive ketones (excluding diaryl/α,β-unsaturated/α-hetero) is 1. The molecule has 0 N–H and O–H groups in total. The molecule has 0 fully saturated rings. The lowest BCUT2D eigenvalue weighted by atomic mass is 9.93. The van der Waals surface area contributed by atoms with Crippen LogP contribution in [-0.4, -0.2) is 18.1 Å². The van der Waals surface area contributed by atoms with Crippen LogP contribution in [0.15, 0.2) is 35.5 Å². The standard InChI is InChI=1S/C13H15NO2/c1-2-12(15)13-11(9-16-14-13)8-10-6-4-3-5-7-10/h3-7,11H,2,8-9H2,1H3/t11-/m1/s1. The first-order valence-electron chi connectivity index (χ1n) is 5.58. The van der Waals surface area contributed by atoms with Crippen molar-refractivity contribution in [3.8, 4) is 0 Å². The zero-order chi connectivity index (χ0) is 11.4. The summed E-state index contributed by atoms with van der Waals surface area (Å²) in [5.74, 6) is 0.216. The highest BCUT2D eigenvalue weighted by Gasteiger charge is 2.27. The average Bonchev–Trinajstić information content (AvgIpc) is 2.77. The van der Waals surface area contributed by atoms with E-state index in [9.17, 15) is 4.79 Å². The predicted molar refractivity (Wildman–Crippen MR) is 62.3 cm³/mol. The minimum absolute atomic E-state index is 0.0958. The minimum Gasteiger partial charge on any atom is -0.395 e. The van der Waals surface area contributed by atoms with Crippen LogP contribution < -0.4 is 0 Å². The van der Waals surface area contributed by atoms with Crippen LogP contribution in [0.1, 0.15) is 18.9 Å². The molecule has 3 nitrogen and oxygen atoms in total. The van der Waals surface area contributed by atoms with E-state index in [4.69, 9.17) is 4.84 Å². The number of hydrogen-bond acceptors (Lipinski definition) is 3. The second-order valence-electron chi connectivity index (χ2n) is 3.94. The van der Waals surface area contributed by atoms with Gasteiger partial charge in [-0.15, -0.1) is 0 Å². The van der Waals surface area contributed by atoms with Crippen molar-refractivity contribution in [2.24, 2.45) is 11.1 Å². The van der Waals surface area contributed by atoms with Crippen LogP contribution in [0.3, 0.4) is 0 Å². The molecule has 3 heteroatoms. The fourth-order valence-electron chi connectivity index (χ4n) is 1.86. The Kier molecular flexibility index (Phi) is 3.34. The van der Waals surface area contributed by atoms with E-state index < -0.39 is 0 Å². The quantitative estimate of drug-likeness (QED) is 0.775. The van der Waals surface area contributed by atoms with Crippen molar-refractivity contribution in [1.82, 2.24) is 0 Å². The van der Waals surface area contributed by atoms with Gasteiger partial charge in [0.05, 0.1) is 0 Å². The normalized spacial score (nSPS) is 19.1. The molecule has 1 aromatic carbocycles. The molecule has 84 valence electrons. The maximum absolute atomic E-state index is 11.6. The summed E-state index contributed by atoms with van der Waals surface area (Å²) in [4.78, 5) is 16.6.